The molecule has 0 heterocycles. The van der Waals surface area contributed by atoms with Gasteiger partial charge in [0.1, 0.15) is 0 Å². The summed E-state index contributed by atoms with van der Waals surface area (Å²) < 4.78 is 0. The van der Waals surface area contributed by atoms with Crippen LogP contribution in [0.1, 0.15) is 37.4 Å². The Morgan fingerprint density at radius 2 is 1.57 bits per heavy atom. The van der Waals surface area contributed by atoms with Gasteiger partial charge >= 0.3 is 0 Å². The number of unbranched alkanes of at least 4 members (excludes halogenated alkanes) is 1. The van der Waals surface area contributed by atoms with Gasteiger partial charge in [0.05, 0.1) is 6.10 Å². The Kier molecular flexibility index (Phi) is 6.59. The topological polar surface area (TPSA) is 69.6 Å². The van der Waals surface area contributed by atoms with Crippen LogP contribution in [0, 0.1) is 0 Å². The Morgan fingerprint density at radius 1 is 1.00 bits per heavy atom. The molecule has 0 radical (unpaired) electrons. The van der Waals surface area contributed by atoms with Crippen molar-refractivity contribution in [3.05, 3.63) is 59.1 Å². The zero-order chi connectivity index (χ0) is 16.7. The standard InChI is InChI=1S/C18H20ClNO3/c19-16-11-9-14(10-12-16)13-5-7-15(8-6-13)17(21)3-1-2-4-18(22)20-23/h5-12,17,21,23H,1-4H2,(H,20,22)/t17-/m1/s1. The molecule has 0 unspecified atom stereocenters. The van der Waals surface area contributed by atoms with E-state index in [-0.39, 0.29) is 6.42 Å². The van der Waals surface area contributed by atoms with Crippen molar-refractivity contribution in [1.82, 2.24) is 5.48 Å². The summed E-state index contributed by atoms with van der Waals surface area (Å²) in [5.74, 6) is -0.396. The van der Waals surface area contributed by atoms with E-state index in [4.69, 9.17) is 16.8 Å². The fourth-order valence-electron chi connectivity index (χ4n) is 2.39. The highest BCUT2D eigenvalue weighted by Crippen LogP contribution is 2.25. The van der Waals surface area contributed by atoms with Crippen molar-refractivity contribution in [2.75, 3.05) is 0 Å². The second-order valence-electron chi connectivity index (χ2n) is 5.43. The van der Waals surface area contributed by atoms with Crippen LogP contribution in [0.3, 0.4) is 0 Å². The maximum Gasteiger partial charge on any atom is 0.243 e. The highest BCUT2D eigenvalue weighted by Gasteiger charge is 2.08. The van der Waals surface area contributed by atoms with Gasteiger partial charge in [0.2, 0.25) is 5.91 Å². The molecule has 0 bridgehead atoms. The van der Waals surface area contributed by atoms with E-state index in [9.17, 15) is 9.90 Å². The van der Waals surface area contributed by atoms with Crippen molar-refractivity contribution in [3.8, 4) is 11.1 Å². The Morgan fingerprint density at radius 3 is 2.13 bits per heavy atom. The second kappa shape index (κ2) is 8.67. The van der Waals surface area contributed by atoms with Gasteiger partial charge in [-0.1, -0.05) is 54.4 Å². The number of benzene rings is 2. The first kappa shape index (κ1) is 17.5. The van der Waals surface area contributed by atoms with Crippen molar-refractivity contribution in [2.45, 2.75) is 31.8 Å². The Labute approximate surface area is 140 Å². The van der Waals surface area contributed by atoms with Crippen LogP contribution in [-0.2, 0) is 4.79 Å². The van der Waals surface area contributed by atoms with E-state index in [0.29, 0.717) is 24.3 Å². The van der Waals surface area contributed by atoms with E-state index in [1.807, 2.05) is 48.5 Å². The van der Waals surface area contributed by atoms with Crippen LogP contribution in [-0.4, -0.2) is 16.2 Å². The van der Waals surface area contributed by atoms with Gasteiger partial charge in [-0.3, -0.25) is 10.0 Å². The summed E-state index contributed by atoms with van der Waals surface area (Å²) in [7, 11) is 0. The normalized spacial score (nSPS) is 12.0. The highest BCUT2D eigenvalue weighted by molar-refractivity contribution is 6.30. The van der Waals surface area contributed by atoms with Crippen LogP contribution in [0.2, 0.25) is 5.02 Å². The van der Waals surface area contributed by atoms with E-state index in [1.165, 1.54) is 0 Å². The van der Waals surface area contributed by atoms with Gasteiger partial charge in [0.25, 0.3) is 0 Å². The monoisotopic (exact) mass is 333 g/mol. The maximum absolute atomic E-state index is 10.9. The molecule has 3 N–H and O–H groups in total. The number of hydrogen-bond acceptors (Lipinski definition) is 3. The summed E-state index contributed by atoms with van der Waals surface area (Å²) in [5, 5.41) is 19.3. The first-order valence-corrected chi connectivity index (χ1v) is 7.95. The highest BCUT2D eigenvalue weighted by atomic mass is 35.5. The van der Waals surface area contributed by atoms with Gasteiger partial charge in [0, 0.05) is 11.4 Å². The zero-order valence-electron chi connectivity index (χ0n) is 12.7. The molecular formula is C18H20ClNO3. The molecule has 5 heteroatoms. The first-order valence-electron chi connectivity index (χ1n) is 7.57. The first-order chi connectivity index (χ1) is 11.1. The second-order valence-corrected chi connectivity index (χ2v) is 5.86. The number of aliphatic hydroxyl groups excluding tert-OH is 1. The molecule has 0 aliphatic rings. The van der Waals surface area contributed by atoms with Crippen molar-refractivity contribution in [1.29, 1.82) is 0 Å². The predicted molar refractivity (Wildman–Crippen MR) is 90.2 cm³/mol. The summed E-state index contributed by atoms with van der Waals surface area (Å²) in [6.07, 6.45) is 1.64. The fourth-order valence-corrected chi connectivity index (χ4v) is 2.51. The van der Waals surface area contributed by atoms with E-state index in [0.717, 1.165) is 16.7 Å². The molecule has 1 amide bonds. The lowest BCUT2D eigenvalue weighted by atomic mass is 9.99. The van der Waals surface area contributed by atoms with Gasteiger partial charge in [-0.15, -0.1) is 0 Å². The quantitative estimate of drug-likeness (QED) is 0.406. The number of carbonyl (C=O) groups is 1. The van der Waals surface area contributed by atoms with E-state index < -0.39 is 12.0 Å². The van der Waals surface area contributed by atoms with E-state index in [1.54, 1.807) is 5.48 Å². The van der Waals surface area contributed by atoms with E-state index in [2.05, 4.69) is 0 Å². The largest absolute Gasteiger partial charge is 0.388 e. The Balaban J connectivity index is 1.88. The summed E-state index contributed by atoms with van der Waals surface area (Å²) in [6.45, 7) is 0. The molecule has 0 saturated carbocycles. The third kappa shape index (κ3) is 5.36. The van der Waals surface area contributed by atoms with Crippen LogP contribution in [0.15, 0.2) is 48.5 Å². The molecule has 2 aromatic carbocycles. The van der Waals surface area contributed by atoms with Gasteiger partial charge in [-0.2, -0.15) is 0 Å². The summed E-state index contributed by atoms with van der Waals surface area (Å²) in [5.41, 5.74) is 4.60. The zero-order valence-corrected chi connectivity index (χ0v) is 13.5. The smallest absolute Gasteiger partial charge is 0.243 e. The molecule has 4 nitrogen and oxygen atoms in total. The molecule has 23 heavy (non-hydrogen) atoms. The minimum Gasteiger partial charge on any atom is -0.388 e. The third-order valence-corrected chi connectivity index (χ3v) is 3.98. The van der Waals surface area contributed by atoms with Crippen molar-refractivity contribution >= 4 is 17.5 Å². The van der Waals surface area contributed by atoms with Gasteiger partial charge < -0.3 is 5.11 Å². The van der Waals surface area contributed by atoms with Gasteiger partial charge in [-0.25, -0.2) is 5.48 Å². The van der Waals surface area contributed by atoms with Gasteiger partial charge in [-0.05, 0) is 41.7 Å². The molecule has 0 saturated heterocycles. The minimum atomic E-state index is -0.550. The number of rotatable bonds is 7. The molecule has 122 valence electrons. The number of halogens is 1. The molecule has 2 rings (SSSR count). The van der Waals surface area contributed by atoms with Crippen LogP contribution >= 0.6 is 11.6 Å². The molecule has 0 aliphatic heterocycles. The van der Waals surface area contributed by atoms with Crippen LogP contribution < -0.4 is 5.48 Å². The Bertz CT molecular complexity index is 626. The fraction of sp³-hybridized carbons (Fsp3) is 0.278. The molecule has 1 atom stereocenters. The average Bonchev–Trinajstić information content (AvgIpc) is 2.59. The maximum atomic E-state index is 10.9. The van der Waals surface area contributed by atoms with Crippen LogP contribution in [0.4, 0.5) is 0 Å². The lowest BCUT2D eigenvalue weighted by Crippen LogP contribution is -2.17. The third-order valence-electron chi connectivity index (χ3n) is 3.73. The molecule has 0 aromatic heterocycles. The molecule has 2 aromatic rings. The minimum absolute atomic E-state index is 0.263. The van der Waals surface area contributed by atoms with Crippen molar-refractivity contribution < 1.29 is 15.1 Å². The Hall–Kier alpha value is -1.88. The molecule has 0 fully saturated rings. The number of hydroxylamine groups is 1. The number of nitrogens with one attached hydrogen (secondary N) is 1. The molecule has 0 aliphatic carbocycles. The lowest BCUT2D eigenvalue weighted by molar-refractivity contribution is -0.129. The SMILES string of the molecule is O=C(CCCC[C@@H](O)c1ccc(-c2ccc(Cl)cc2)cc1)NO. The predicted octanol–water partition coefficient (Wildman–Crippen LogP) is 4.11. The van der Waals surface area contributed by atoms with Crippen LogP contribution in [0.25, 0.3) is 11.1 Å². The lowest BCUT2D eigenvalue weighted by Gasteiger charge is -2.11. The number of carbonyl (C=O) groups excluding carboxylic acids is 1. The molecule has 0 spiro atoms. The summed E-state index contributed by atoms with van der Waals surface area (Å²) in [6, 6.07) is 15.4. The summed E-state index contributed by atoms with van der Waals surface area (Å²) >= 11 is 5.88. The number of amides is 1. The number of hydrogen-bond donors (Lipinski definition) is 3. The molecular weight excluding hydrogens is 314 g/mol. The average molecular weight is 334 g/mol. The number of aliphatic hydroxyl groups is 1. The van der Waals surface area contributed by atoms with E-state index >= 15 is 0 Å². The summed E-state index contributed by atoms with van der Waals surface area (Å²) in [4.78, 5) is 10.9. The van der Waals surface area contributed by atoms with Gasteiger partial charge in [0.15, 0.2) is 0 Å². The van der Waals surface area contributed by atoms with Crippen molar-refractivity contribution in [3.63, 3.8) is 0 Å². The van der Waals surface area contributed by atoms with Crippen LogP contribution in [0.5, 0.6) is 0 Å². The van der Waals surface area contributed by atoms with Crippen molar-refractivity contribution in [2.24, 2.45) is 0 Å².